The Morgan fingerprint density at radius 1 is 1.27 bits per heavy atom. The molecule has 6 nitrogen and oxygen atoms in total. The lowest BCUT2D eigenvalue weighted by atomic mass is 10.2. The van der Waals surface area contributed by atoms with Crippen LogP contribution in [0.1, 0.15) is 13.8 Å². The molecule has 1 aliphatic rings. The van der Waals surface area contributed by atoms with Crippen LogP contribution in [0.15, 0.2) is 23.2 Å². The van der Waals surface area contributed by atoms with Crippen LogP contribution in [-0.4, -0.2) is 39.5 Å². The van der Waals surface area contributed by atoms with Crippen LogP contribution in [0.4, 0.5) is 0 Å². The smallest absolute Gasteiger partial charge is 0.231 e. The van der Waals surface area contributed by atoms with E-state index in [4.69, 9.17) is 14.2 Å². The molecule has 1 heterocycles. The second-order valence-electron chi connectivity index (χ2n) is 5.14. The van der Waals surface area contributed by atoms with Crippen molar-refractivity contribution in [3.63, 3.8) is 0 Å². The summed E-state index contributed by atoms with van der Waals surface area (Å²) >= 11 is 0. The van der Waals surface area contributed by atoms with Gasteiger partial charge in [-0.1, -0.05) is 13.8 Å². The van der Waals surface area contributed by atoms with Crippen LogP contribution in [0.5, 0.6) is 17.2 Å². The number of ether oxygens (including phenoxy) is 3. The fourth-order valence-corrected chi connectivity index (χ4v) is 1.83. The van der Waals surface area contributed by atoms with E-state index in [1.54, 1.807) is 7.05 Å². The van der Waals surface area contributed by atoms with Gasteiger partial charge in [-0.15, -0.1) is 24.0 Å². The average molecular weight is 421 g/mol. The van der Waals surface area contributed by atoms with Gasteiger partial charge in [0.15, 0.2) is 17.5 Å². The van der Waals surface area contributed by atoms with Crippen molar-refractivity contribution in [3.05, 3.63) is 18.2 Å². The largest absolute Gasteiger partial charge is 0.492 e. The molecule has 0 saturated heterocycles. The molecule has 2 N–H and O–H groups in total. The summed E-state index contributed by atoms with van der Waals surface area (Å²) in [4.78, 5) is 4.15. The van der Waals surface area contributed by atoms with Crippen molar-refractivity contribution in [1.29, 1.82) is 0 Å². The maximum atomic E-state index is 5.67. The third-order valence-electron chi connectivity index (χ3n) is 2.91. The number of hydrogen-bond acceptors (Lipinski definition) is 4. The van der Waals surface area contributed by atoms with Gasteiger partial charge in [0.25, 0.3) is 0 Å². The summed E-state index contributed by atoms with van der Waals surface area (Å²) in [5.74, 6) is 3.63. The first kappa shape index (κ1) is 18.7. The van der Waals surface area contributed by atoms with Gasteiger partial charge in [0.1, 0.15) is 12.4 Å². The fraction of sp³-hybridized carbons (Fsp3) is 0.533. The standard InChI is InChI=1S/C15H23N3O3.HI/c1-11(2)9-18-15(16-3)17-6-7-19-12-4-5-13-14(8-12)21-10-20-13;/h4-5,8,11H,6-7,9-10H2,1-3H3,(H2,16,17,18);1H. The third-order valence-corrected chi connectivity index (χ3v) is 2.91. The summed E-state index contributed by atoms with van der Waals surface area (Å²) in [5, 5.41) is 6.45. The average Bonchev–Trinajstić information content (AvgIpc) is 2.93. The fourth-order valence-electron chi connectivity index (χ4n) is 1.83. The highest BCUT2D eigenvalue weighted by Crippen LogP contribution is 2.34. The molecule has 0 unspecified atom stereocenters. The first-order chi connectivity index (χ1) is 10.2. The van der Waals surface area contributed by atoms with Crippen LogP contribution in [0, 0.1) is 5.92 Å². The minimum Gasteiger partial charge on any atom is -0.492 e. The Hall–Kier alpha value is -1.38. The van der Waals surface area contributed by atoms with Crippen LogP contribution in [0.2, 0.25) is 0 Å². The van der Waals surface area contributed by atoms with Gasteiger partial charge in [-0.05, 0) is 18.1 Å². The zero-order chi connectivity index (χ0) is 15.1. The van der Waals surface area contributed by atoms with E-state index in [1.807, 2.05) is 18.2 Å². The van der Waals surface area contributed by atoms with E-state index in [-0.39, 0.29) is 30.8 Å². The Morgan fingerprint density at radius 3 is 2.77 bits per heavy atom. The van der Waals surface area contributed by atoms with Gasteiger partial charge in [-0.25, -0.2) is 0 Å². The molecule has 2 rings (SSSR count). The van der Waals surface area contributed by atoms with Crippen molar-refractivity contribution in [3.8, 4) is 17.2 Å². The number of hydrogen-bond donors (Lipinski definition) is 2. The van der Waals surface area contributed by atoms with E-state index in [0.29, 0.717) is 19.1 Å². The Bertz CT molecular complexity index is 495. The van der Waals surface area contributed by atoms with Crippen LogP contribution < -0.4 is 24.8 Å². The van der Waals surface area contributed by atoms with Gasteiger partial charge < -0.3 is 24.8 Å². The second-order valence-corrected chi connectivity index (χ2v) is 5.14. The molecule has 0 spiro atoms. The van der Waals surface area contributed by atoms with Gasteiger partial charge in [-0.3, -0.25) is 4.99 Å². The summed E-state index contributed by atoms with van der Waals surface area (Å²) in [6.07, 6.45) is 0. The van der Waals surface area contributed by atoms with Crippen molar-refractivity contribution in [1.82, 2.24) is 10.6 Å². The van der Waals surface area contributed by atoms with Crippen molar-refractivity contribution in [2.24, 2.45) is 10.9 Å². The summed E-state index contributed by atoms with van der Waals surface area (Å²) in [7, 11) is 1.76. The lowest BCUT2D eigenvalue weighted by Crippen LogP contribution is -2.40. The number of nitrogens with zero attached hydrogens (tertiary/aromatic N) is 1. The molecular weight excluding hydrogens is 397 g/mol. The number of nitrogens with one attached hydrogen (secondary N) is 2. The minimum atomic E-state index is 0. The van der Waals surface area contributed by atoms with Crippen molar-refractivity contribution in [2.45, 2.75) is 13.8 Å². The molecule has 0 saturated carbocycles. The molecule has 22 heavy (non-hydrogen) atoms. The molecule has 7 heteroatoms. The van der Waals surface area contributed by atoms with Crippen LogP contribution in [-0.2, 0) is 0 Å². The molecule has 1 aromatic rings. The number of guanidine groups is 1. The number of halogens is 1. The summed E-state index contributed by atoms with van der Waals surface area (Å²) in [6.45, 7) is 6.70. The molecule has 0 fully saturated rings. The quantitative estimate of drug-likeness (QED) is 0.319. The molecule has 0 amide bonds. The molecular formula is C15H24IN3O3. The normalized spacial score (nSPS) is 12.8. The Morgan fingerprint density at radius 2 is 2.05 bits per heavy atom. The lowest BCUT2D eigenvalue weighted by Gasteiger charge is -2.13. The summed E-state index contributed by atoms with van der Waals surface area (Å²) < 4.78 is 16.2. The van der Waals surface area contributed by atoms with Gasteiger partial charge in [0, 0.05) is 19.7 Å². The van der Waals surface area contributed by atoms with Crippen molar-refractivity contribution in [2.75, 3.05) is 33.5 Å². The van der Waals surface area contributed by atoms with Crippen molar-refractivity contribution < 1.29 is 14.2 Å². The summed E-state index contributed by atoms with van der Waals surface area (Å²) in [6, 6.07) is 5.57. The van der Waals surface area contributed by atoms with E-state index in [0.717, 1.165) is 29.8 Å². The zero-order valence-corrected chi connectivity index (χ0v) is 15.5. The highest BCUT2D eigenvalue weighted by atomic mass is 127. The molecule has 0 bridgehead atoms. The second kappa shape index (κ2) is 9.60. The number of benzene rings is 1. The third kappa shape index (κ3) is 5.78. The molecule has 1 aromatic carbocycles. The van der Waals surface area contributed by atoms with Gasteiger partial charge in [-0.2, -0.15) is 0 Å². The Kier molecular flexibility index (Phi) is 8.15. The predicted molar refractivity (Wildman–Crippen MR) is 97.7 cm³/mol. The maximum absolute atomic E-state index is 5.67. The van der Waals surface area contributed by atoms with Gasteiger partial charge in [0.2, 0.25) is 6.79 Å². The predicted octanol–water partition coefficient (Wildman–Crippen LogP) is 2.23. The topological polar surface area (TPSA) is 64.1 Å². The molecule has 0 atom stereocenters. The molecule has 0 aromatic heterocycles. The Balaban J connectivity index is 0.00000242. The van der Waals surface area contributed by atoms with Gasteiger partial charge in [0.05, 0.1) is 6.54 Å². The monoisotopic (exact) mass is 421 g/mol. The first-order valence-corrected chi connectivity index (χ1v) is 7.16. The summed E-state index contributed by atoms with van der Waals surface area (Å²) in [5.41, 5.74) is 0. The van der Waals surface area contributed by atoms with E-state index in [1.165, 1.54) is 0 Å². The highest BCUT2D eigenvalue weighted by Gasteiger charge is 2.13. The van der Waals surface area contributed by atoms with Gasteiger partial charge >= 0.3 is 0 Å². The molecule has 1 aliphatic heterocycles. The number of aliphatic imine (C=N–C) groups is 1. The zero-order valence-electron chi connectivity index (χ0n) is 13.2. The van der Waals surface area contributed by atoms with Crippen molar-refractivity contribution >= 4 is 29.9 Å². The highest BCUT2D eigenvalue weighted by molar-refractivity contribution is 14.0. The molecule has 0 aliphatic carbocycles. The lowest BCUT2D eigenvalue weighted by molar-refractivity contribution is 0.173. The number of fused-ring (bicyclic) bond motifs is 1. The molecule has 124 valence electrons. The minimum absolute atomic E-state index is 0. The van der Waals surface area contributed by atoms with E-state index >= 15 is 0 Å². The maximum Gasteiger partial charge on any atom is 0.231 e. The first-order valence-electron chi connectivity index (χ1n) is 7.16. The Labute approximate surface area is 148 Å². The SMILES string of the molecule is CN=C(NCCOc1ccc2c(c1)OCO2)NCC(C)C.I. The van der Waals surface area contributed by atoms with Crippen LogP contribution in [0.3, 0.4) is 0 Å². The van der Waals surface area contributed by atoms with E-state index in [9.17, 15) is 0 Å². The molecule has 0 radical (unpaired) electrons. The van der Waals surface area contributed by atoms with E-state index in [2.05, 4.69) is 29.5 Å². The number of rotatable bonds is 6. The van der Waals surface area contributed by atoms with Crippen LogP contribution in [0.25, 0.3) is 0 Å². The van der Waals surface area contributed by atoms with E-state index < -0.39 is 0 Å². The van der Waals surface area contributed by atoms with Crippen LogP contribution >= 0.6 is 24.0 Å².